The maximum atomic E-state index is 12.3. The van der Waals surface area contributed by atoms with Crippen LogP contribution in [0.1, 0.15) is 23.3 Å². The third-order valence-electron chi connectivity index (χ3n) is 4.72. The summed E-state index contributed by atoms with van der Waals surface area (Å²) in [7, 11) is 1.52. The number of ether oxygens (including phenoxy) is 4. The number of rotatable bonds is 8. The van der Waals surface area contributed by atoms with E-state index in [2.05, 4.69) is 15.0 Å². The van der Waals surface area contributed by atoms with Crippen LogP contribution in [0, 0.1) is 0 Å². The third kappa shape index (κ3) is 4.72. The third-order valence-corrected chi connectivity index (χ3v) is 4.72. The molecule has 160 valence electrons. The topological polar surface area (TPSA) is 119 Å². The van der Waals surface area contributed by atoms with E-state index in [-0.39, 0.29) is 35.9 Å². The molecule has 0 spiro atoms. The molecule has 1 saturated heterocycles. The molecule has 0 aliphatic carbocycles. The molecule has 1 unspecified atom stereocenters. The molecule has 4 rings (SSSR count). The fourth-order valence-corrected chi connectivity index (χ4v) is 3.18. The highest BCUT2D eigenvalue weighted by atomic mass is 16.6. The second-order valence-electron chi connectivity index (χ2n) is 6.83. The maximum Gasteiger partial charge on any atom is 0.271 e. The van der Waals surface area contributed by atoms with Gasteiger partial charge in [-0.25, -0.2) is 4.98 Å². The summed E-state index contributed by atoms with van der Waals surface area (Å²) >= 11 is 0. The summed E-state index contributed by atoms with van der Waals surface area (Å²) in [5, 5.41) is 0. The van der Waals surface area contributed by atoms with Crippen LogP contribution in [0.3, 0.4) is 0 Å². The molecule has 2 N–H and O–H groups in total. The summed E-state index contributed by atoms with van der Waals surface area (Å²) < 4.78 is 22.9. The number of nitrogens with zero attached hydrogens (tertiary/aromatic N) is 3. The molecule has 9 heteroatoms. The van der Waals surface area contributed by atoms with Crippen molar-refractivity contribution in [3.8, 4) is 34.5 Å². The summed E-state index contributed by atoms with van der Waals surface area (Å²) in [6.45, 7) is 0.949. The highest BCUT2D eigenvalue weighted by Gasteiger charge is 2.25. The minimum Gasteiger partial charge on any atom is -0.493 e. The van der Waals surface area contributed by atoms with Gasteiger partial charge in [-0.3, -0.25) is 9.78 Å². The van der Waals surface area contributed by atoms with E-state index in [4.69, 9.17) is 24.7 Å². The SMILES string of the molecule is COc1ccccc1Oc1c(OCC2CCCO2)nc(-c2ccncc2)nc1C(N)=O. The molecule has 1 atom stereocenters. The van der Waals surface area contributed by atoms with E-state index in [1.54, 1.807) is 48.8 Å². The second kappa shape index (κ2) is 9.40. The van der Waals surface area contributed by atoms with Gasteiger partial charge in [-0.1, -0.05) is 12.1 Å². The number of primary amides is 1. The zero-order chi connectivity index (χ0) is 21.6. The standard InChI is InChI=1S/C22H22N4O5/c1-28-16-6-2-3-7-17(16)31-19-18(20(23)27)25-21(14-8-10-24-11-9-14)26-22(19)30-13-15-5-4-12-29-15/h2-3,6-11,15H,4-5,12-13H2,1H3,(H2,23,27). The van der Waals surface area contributed by atoms with Crippen molar-refractivity contribution in [1.29, 1.82) is 0 Å². The molecule has 0 saturated carbocycles. The quantitative estimate of drug-likeness (QED) is 0.588. The predicted octanol–water partition coefficient (Wildman–Crippen LogP) is 3.00. The van der Waals surface area contributed by atoms with Gasteiger partial charge in [0.25, 0.3) is 11.8 Å². The van der Waals surface area contributed by atoms with Gasteiger partial charge in [-0.15, -0.1) is 0 Å². The number of benzene rings is 1. The fourth-order valence-electron chi connectivity index (χ4n) is 3.18. The van der Waals surface area contributed by atoms with E-state index in [1.807, 2.05) is 0 Å². The number of nitrogens with two attached hydrogens (primary N) is 1. The van der Waals surface area contributed by atoms with Crippen LogP contribution in [-0.4, -0.2) is 47.3 Å². The average molecular weight is 422 g/mol. The summed E-state index contributed by atoms with van der Waals surface area (Å²) in [6.07, 6.45) is 5.00. The first-order valence-electron chi connectivity index (χ1n) is 9.83. The van der Waals surface area contributed by atoms with Crippen LogP contribution in [0.2, 0.25) is 0 Å². The Kier molecular flexibility index (Phi) is 6.23. The Morgan fingerprint density at radius 3 is 2.61 bits per heavy atom. The molecule has 31 heavy (non-hydrogen) atoms. The van der Waals surface area contributed by atoms with Crippen molar-refractivity contribution in [3.63, 3.8) is 0 Å². The Balaban J connectivity index is 1.78. The van der Waals surface area contributed by atoms with Crippen molar-refractivity contribution in [2.24, 2.45) is 5.73 Å². The van der Waals surface area contributed by atoms with Gasteiger partial charge in [-0.05, 0) is 37.1 Å². The number of hydrogen-bond donors (Lipinski definition) is 1. The molecule has 2 aromatic heterocycles. The van der Waals surface area contributed by atoms with E-state index in [0.29, 0.717) is 23.7 Å². The minimum absolute atomic E-state index is 0.0211. The maximum absolute atomic E-state index is 12.3. The van der Waals surface area contributed by atoms with Crippen molar-refractivity contribution < 1.29 is 23.7 Å². The van der Waals surface area contributed by atoms with Gasteiger partial charge in [0.15, 0.2) is 23.0 Å². The zero-order valence-electron chi connectivity index (χ0n) is 17.0. The molecule has 0 radical (unpaired) electrons. The van der Waals surface area contributed by atoms with Crippen LogP contribution < -0.4 is 19.9 Å². The smallest absolute Gasteiger partial charge is 0.271 e. The lowest BCUT2D eigenvalue weighted by Gasteiger charge is -2.17. The van der Waals surface area contributed by atoms with E-state index < -0.39 is 5.91 Å². The van der Waals surface area contributed by atoms with Crippen molar-refractivity contribution >= 4 is 5.91 Å². The monoisotopic (exact) mass is 422 g/mol. The Bertz CT molecular complexity index is 1060. The molecule has 1 fully saturated rings. The first-order chi connectivity index (χ1) is 15.2. The van der Waals surface area contributed by atoms with Gasteiger partial charge in [0.05, 0.1) is 13.2 Å². The van der Waals surface area contributed by atoms with E-state index in [1.165, 1.54) is 7.11 Å². The first-order valence-corrected chi connectivity index (χ1v) is 9.83. The number of hydrogen-bond acceptors (Lipinski definition) is 8. The molecule has 1 aromatic carbocycles. The number of pyridine rings is 1. The molecule has 1 aliphatic heterocycles. The lowest BCUT2D eigenvalue weighted by molar-refractivity contribution is 0.0653. The Labute approximate surface area is 179 Å². The lowest BCUT2D eigenvalue weighted by Crippen LogP contribution is -2.20. The zero-order valence-corrected chi connectivity index (χ0v) is 17.0. The minimum atomic E-state index is -0.774. The number of aromatic nitrogens is 3. The number of methoxy groups -OCH3 is 1. The van der Waals surface area contributed by atoms with E-state index in [9.17, 15) is 4.79 Å². The highest BCUT2D eigenvalue weighted by Crippen LogP contribution is 2.38. The Morgan fingerprint density at radius 1 is 1.16 bits per heavy atom. The van der Waals surface area contributed by atoms with Crippen LogP contribution >= 0.6 is 0 Å². The van der Waals surface area contributed by atoms with Crippen LogP contribution in [0.25, 0.3) is 11.4 Å². The van der Waals surface area contributed by atoms with Gasteiger partial charge >= 0.3 is 0 Å². The largest absolute Gasteiger partial charge is 0.493 e. The number of para-hydroxylation sites is 2. The molecule has 9 nitrogen and oxygen atoms in total. The van der Waals surface area contributed by atoms with Gasteiger partial charge in [0.1, 0.15) is 6.61 Å². The van der Waals surface area contributed by atoms with E-state index >= 15 is 0 Å². The molecular formula is C22H22N4O5. The van der Waals surface area contributed by atoms with Gasteiger partial charge in [0, 0.05) is 24.6 Å². The molecule has 3 heterocycles. The van der Waals surface area contributed by atoms with Crippen LogP contribution in [0.15, 0.2) is 48.8 Å². The van der Waals surface area contributed by atoms with Gasteiger partial charge in [0.2, 0.25) is 5.75 Å². The van der Waals surface area contributed by atoms with Crippen LogP contribution in [0.5, 0.6) is 23.1 Å². The lowest BCUT2D eigenvalue weighted by atomic mass is 10.2. The summed E-state index contributed by atoms with van der Waals surface area (Å²) in [4.78, 5) is 25.1. The molecule has 0 bridgehead atoms. The van der Waals surface area contributed by atoms with E-state index in [0.717, 1.165) is 12.8 Å². The summed E-state index contributed by atoms with van der Waals surface area (Å²) in [6, 6.07) is 10.5. The Hall–Kier alpha value is -3.72. The van der Waals surface area contributed by atoms with Gasteiger partial charge < -0.3 is 24.7 Å². The number of carbonyl (C=O) groups is 1. The number of carbonyl (C=O) groups excluding carboxylic acids is 1. The molecule has 3 aromatic rings. The normalized spacial score (nSPS) is 15.5. The van der Waals surface area contributed by atoms with Crippen molar-refractivity contribution in [2.45, 2.75) is 18.9 Å². The van der Waals surface area contributed by atoms with Crippen molar-refractivity contribution in [1.82, 2.24) is 15.0 Å². The second-order valence-corrected chi connectivity index (χ2v) is 6.83. The average Bonchev–Trinajstić information content (AvgIpc) is 3.32. The summed E-state index contributed by atoms with van der Waals surface area (Å²) in [5.41, 5.74) is 6.19. The van der Waals surface area contributed by atoms with Crippen molar-refractivity contribution in [2.75, 3.05) is 20.3 Å². The predicted molar refractivity (Wildman–Crippen MR) is 111 cm³/mol. The molecular weight excluding hydrogens is 400 g/mol. The molecule has 1 amide bonds. The Morgan fingerprint density at radius 2 is 1.94 bits per heavy atom. The van der Waals surface area contributed by atoms with Crippen LogP contribution in [0.4, 0.5) is 0 Å². The van der Waals surface area contributed by atoms with Crippen molar-refractivity contribution in [3.05, 3.63) is 54.5 Å². The fraction of sp³-hybridized carbons (Fsp3) is 0.273. The molecule has 1 aliphatic rings. The van der Waals surface area contributed by atoms with Gasteiger partial charge in [-0.2, -0.15) is 4.98 Å². The number of amides is 1. The van der Waals surface area contributed by atoms with Crippen LogP contribution in [-0.2, 0) is 4.74 Å². The highest BCUT2D eigenvalue weighted by molar-refractivity contribution is 5.95. The summed E-state index contributed by atoms with van der Waals surface area (Å²) in [5.74, 6) is 0.455. The first kappa shape index (κ1) is 20.5.